The van der Waals surface area contributed by atoms with Crippen LogP contribution >= 0.6 is 0 Å². The fourth-order valence-corrected chi connectivity index (χ4v) is 8.24. The van der Waals surface area contributed by atoms with Crippen LogP contribution in [0.3, 0.4) is 0 Å². The summed E-state index contributed by atoms with van der Waals surface area (Å²) in [7, 11) is 4.52. The van der Waals surface area contributed by atoms with Crippen LogP contribution in [0.25, 0.3) is 0 Å². The van der Waals surface area contributed by atoms with Crippen molar-refractivity contribution in [2.45, 2.75) is 84.6 Å². The van der Waals surface area contributed by atoms with Crippen LogP contribution in [-0.2, 0) is 4.79 Å². The topological polar surface area (TPSA) is 20.3 Å². The van der Waals surface area contributed by atoms with Crippen LogP contribution in [0.1, 0.15) is 78.6 Å². The average Bonchev–Trinajstić information content (AvgIpc) is 2.92. The molecule has 0 amide bonds. The van der Waals surface area contributed by atoms with Gasteiger partial charge in [-0.1, -0.05) is 13.8 Å². The van der Waals surface area contributed by atoms with E-state index in [9.17, 15) is 4.79 Å². The molecular formula is C23H39NO. The van der Waals surface area contributed by atoms with Crippen molar-refractivity contribution in [2.24, 2.45) is 40.4 Å². The third kappa shape index (κ3) is 2.57. The van der Waals surface area contributed by atoms with Gasteiger partial charge in [0.1, 0.15) is 5.78 Å². The Bertz CT molecular complexity index is 542. The normalized spacial score (nSPS) is 51.0. The molecule has 0 aliphatic heterocycles. The Morgan fingerprint density at radius 2 is 1.68 bits per heavy atom. The first-order chi connectivity index (χ1) is 11.8. The van der Waals surface area contributed by atoms with Crippen molar-refractivity contribution in [3.8, 4) is 0 Å². The Kier molecular flexibility index (Phi) is 4.38. The summed E-state index contributed by atoms with van der Waals surface area (Å²) in [5.74, 6) is 4.87. The summed E-state index contributed by atoms with van der Waals surface area (Å²) in [5.41, 5.74) is 1.02. The summed E-state index contributed by atoms with van der Waals surface area (Å²) in [6.07, 6.45) is 11.4. The highest BCUT2D eigenvalue weighted by atomic mass is 16.1. The molecule has 4 fully saturated rings. The summed E-state index contributed by atoms with van der Waals surface area (Å²) in [4.78, 5) is 14.5. The van der Waals surface area contributed by atoms with Gasteiger partial charge in [-0.05, 0) is 106 Å². The Hall–Kier alpha value is -0.370. The lowest BCUT2D eigenvalue weighted by atomic mass is 9.44. The maximum absolute atomic E-state index is 12.0. The largest absolute Gasteiger partial charge is 0.306 e. The molecule has 25 heavy (non-hydrogen) atoms. The van der Waals surface area contributed by atoms with Crippen LogP contribution in [-0.4, -0.2) is 30.8 Å². The number of carbonyl (C=O) groups excluding carboxylic acids is 1. The second-order valence-corrected chi connectivity index (χ2v) is 10.8. The Morgan fingerprint density at radius 1 is 0.960 bits per heavy atom. The van der Waals surface area contributed by atoms with Gasteiger partial charge in [0.2, 0.25) is 0 Å². The van der Waals surface area contributed by atoms with E-state index in [1.807, 2.05) is 0 Å². The van der Waals surface area contributed by atoms with Crippen molar-refractivity contribution in [1.82, 2.24) is 4.90 Å². The van der Waals surface area contributed by atoms with Crippen LogP contribution in [0, 0.1) is 40.4 Å². The van der Waals surface area contributed by atoms with Gasteiger partial charge in [-0.25, -0.2) is 0 Å². The predicted octanol–water partition coefficient (Wildman–Crippen LogP) is 5.16. The highest BCUT2D eigenvalue weighted by Crippen LogP contribution is 2.67. The highest BCUT2D eigenvalue weighted by molar-refractivity contribution is 5.79. The molecule has 8 atom stereocenters. The van der Waals surface area contributed by atoms with Gasteiger partial charge in [-0.15, -0.1) is 0 Å². The molecule has 0 heterocycles. The second-order valence-electron chi connectivity index (χ2n) is 10.8. The van der Waals surface area contributed by atoms with Gasteiger partial charge >= 0.3 is 0 Å². The average molecular weight is 346 g/mol. The zero-order valence-electron chi connectivity index (χ0n) is 17.2. The number of Topliss-reactive ketones (excluding diaryl/α,β-unsaturated/α-hetero) is 1. The third-order valence-electron chi connectivity index (χ3n) is 9.95. The Balaban J connectivity index is 1.59. The summed E-state index contributed by atoms with van der Waals surface area (Å²) < 4.78 is 0. The van der Waals surface area contributed by atoms with E-state index in [0.717, 1.165) is 36.5 Å². The van der Waals surface area contributed by atoms with Crippen molar-refractivity contribution in [1.29, 1.82) is 0 Å². The van der Waals surface area contributed by atoms with Gasteiger partial charge in [0.15, 0.2) is 0 Å². The number of ketones is 1. The van der Waals surface area contributed by atoms with E-state index in [1.165, 1.54) is 44.9 Å². The fourth-order valence-electron chi connectivity index (χ4n) is 8.24. The molecule has 4 saturated carbocycles. The molecule has 4 rings (SSSR count). The first-order valence-electron chi connectivity index (χ1n) is 11.0. The molecule has 0 bridgehead atoms. The first kappa shape index (κ1) is 18.0. The summed E-state index contributed by atoms with van der Waals surface area (Å²) in [6.45, 7) is 7.66. The molecule has 0 spiro atoms. The minimum absolute atomic E-state index is 0.462. The SMILES string of the molecule is C[C@@H]([C@H]1CC[C@H]2[C@@H]3CC[C@H]4CC(=O)CC[C@]4(C)[C@H]3CC[C@]12C)N(C)C. The first-order valence-corrected chi connectivity index (χ1v) is 11.0. The molecule has 4 aliphatic rings. The number of hydrogen-bond acceptors (Lipinski definition) is 2. The molecule has 4 aliphatic carbocycles. The second kappa shape index (κ2) is 6.08. The third-order valence-corrected chi connectivity index (χ3v) is 9.95. The van der Waals surface area contributed by atoms with Crippen LogP contribution < -0.4 is 0 Å². The lowest BCUT2D eigenvalue weighted by Gasteiger charge is -2.60. The molecule has 0 saturated heterocycles. The van der Waals surface area contributed by atoms with Gasteiger partial charge in [0.05, 0.1) is 0 Å². The fraction of sp³-hybridized carbons (Fsp3) is 0.957. The lowest BCUT2D eigenvalue weighted by Crippen LogP contribution is -2.54. The maximum atomic E-state index is 12.0. The molecule has 142 valence electrons. The smallest absolute Gasteiger partial charge is 0.133 e. The van der Waals surface area contributed by atoms with Crippen LogP contribution in [0.15, 0.2) is 0 Å². The van der Waals surface area contributed by atoms with E-state index in [4.69, 9.17) is 0 Å². The molecule has 0 N–H and O–H groups in total. The monoisotopic (exact) mass is 345 g/mol. The molecule has 0 unspecified atom stereocenters. The number of hydrogen-bond donors (Lipinski definition) is 0. The molecule has 0 radical (unpaired) electrons. The molecule has 2 heteroatoms. The summed E-state index contributed by atoms with van der Waals surface area (Å²) >= 11 is 0. The van der Waals surface area contributed by atoms with Gasteiger partial charge in [0, 0.05) is 18.9 Å². The quantitative estimate of drug-likeness (QED) is 0.688. The van der Waals surface area contributed by atoms with Crippen LogP contribution in [0.2, 0.25) is 0 Å². The van der Waals surface area contributed by atoms with E-state index in [-0.39, 0.29) is 0 Å². The number of rotatable bonds is 2. The lowest BCUT2D eigenvalue weighted by molar-refractivity contribution is -0.140. The van der Waals surface area contributed by atoms with E-state index in [0.29, 0.717) is 28.6 Å². The van der Waals surface area contributed by atoms with Gasteiger partial charge < -0.3 is 4.90 Å². The minimum atomic E-state index is 0.462. The molecule has 0 aromatic rings. The highest BCUT2D eigenvalue weighted by Gasteiger charge is 2.60. The number of carbonyl (C=O) groups is 1. The Morgan fingerprint density at radius 3 is 2.40 bits per heavy atom. The molecule has 2 nitrogen and oxygen atoms in total. The van der Waals surface area contributed by atoms with Crippen LogP contribution in [0.4, 0.5) is 0 Å². The maximum Gasteiger partial charge on any atom is 0.133 e. The zero-order valence-corrected chi connectivity index (χ0v) is 17.2. The van der Waals surface area contributed by atoms with Gasteiger partial charge in [-0.3, -0.25) is 4.79 Å². The van der Waals surface area contributed by atoms with Crippen molar-refractivity contribution in [2.75, 3.05) is 14.1 Å². The van der Waals surface area contributed by atoms with Gasteiger partial charge in [0.25, 0.3) is 0 Å². The van der Waals surface area contributed by atoms with Crippen molar-refractivity contribution in [3.63, 3.8) is 0 Å². The van der Waals surface area contributed by atoms with E-state index in [1.54, 1.807) is 0 Å². The van der Waals surface area contributed by atoms with Gasteiger partial charge in [-0.2, -0.15) is 0 Å². The molecular weight excluding hydrogens is 306 g/mol. The predicted molar refractivity (Wildman–Crippen MR) is 103 cm³/mol. The minimum Gasteiger partial charge on any atom is -0.306 e. The van der Waals surface area contributed by atoms with E-state index in [2.05, 4.69) is 39.8 Å². The zero-order chi connectivity index (χ0) is 18.0. The van der Waals surface area contributed by atoms with Crippen molar-refractivity contribution in [3.05, 3.63) is 0 Å². The molecule has 0 aromatic heterocycles. The van der Waals surface area contributed by atoms with E-state index < -0.39 is 0 Å². The van der Waals surface area contributed by atoms with Crippen LogP contribution in [0.5, 0.6) is 0 Å². The summed E-state index contributed by atoms with van der Waals surface area (Å²) in [6, 6.07) is 0.700. The van der Waals surface area contributed by atoms with Crippen molar-refractivity contribution < 1.29 is 4.79 Å². The van der Waals surface area contributed by atoms with Crippen molar-refractivity contribution >= 4 is 5.78 Å². The standard InChI is InChI=1S/C23H39NO/c1-15(24(4)5)19-8-9-20-18-7-6-16-14-17(25)10-12-22(16,2)21(18)11-13-23(19,20)3/h15-16,18-21H,6-14H2,1-5H3/t15-,16-,18-,19+,20-,21-,22-,23+/m0/s1. The number of fused-ring (bicyclic) bond motifs is 5. The Labute approximate surface area is 155 Å². The van der Waals surface area contributed by atoms with E-state index >= 15 is 0 Å². The summed E-state index contributed by atoms with van der Waals surface area (Å²) in [5, 5.41) is 0. The number of nitrogens with zero attached hydrogens (tertiary/aromatic N) is 1. The molecule has 0 aromatic carbocycles.